The zero-order valence-corrected chi connectivity index (χ0v) is 17.5. The summed E-state index contributed by atoms with van der Waals surface area (Å²) in [7, 11) is 0. The molecule has 0 bridgehead atoms. The number of anilines is 1. The second kappa shape index (κ2) is 9.39. The number of amides is 1. The Labute approximate surface area is 174 Å². The van der Waals surface area contributed by atoms with E-state index in [-0.39, 0.29) is 19.1 Å². The van der Waals surface area contributed by atoms with E-state index in [1.165, 1.54) is 11.3 Å². The molecule has 29 heavy (non-hydrogen) atoms. The van der Waals surface area contributed by atoms with E-state index in [0.29, 0.717) is 16.3 Å². The van der Waals surface area contributed by atoms with Crippen LogP contribution in [0.3, 0.4) is 0 Å². The van der Waals surface area contributed by atoms with E-state index in [1.807, 2.05) is 62.4 Å². The second-order valence-corrected chi connectivity index (χ2v) is 7.60. The molecule has 6 heteroatoms. The monoisotopic (exact) mass is 409 g/mol. The van der Waals surface area contributed by atoms with Crippen LogP contribution in [0.25, 0.3) is 10.4 Å². The van der Waals surface area contributed by atoms with Crippen molar-refractivity contribution in [1.82, 2.24) is 0 Å². The fraction of sp³-hybridized carbons (Fsp3) is 0.217. The topological polar surface area (TPSA) is 64.6 Å². The maximum absolute atomic E-state index is 12.5. The molecular weight excluding hydrogens is 386 g/mol. The minimum absolute atomic E-state index is 0.148. The average molecular weight is 410 g/mol. The molecule has 3 aromatic rings. The molecule has 0 aliphatic carbocycles. The summed E-state index contributed by atoms with van der Waals surface area (Å²) >= 11 is 1.33. The van der Waals surface area contributed by atoms with E-state index in [1.54, 1.807) is 13.0 Å². The number of nitrogens with one attached hydrogen (secondary N) is 1. The van der Waals surface area contributed by atoms with Gasteiger partial charge in [0.2, 0.25) is 0 Å². The largest absolute Gasteiger partial charge is 0.483 e. The van der Waals surface area contributed by atoms with Crippen molar-refractivity contribution in [3.05, 3.63) is 71.3 Å². The molecule has 2 aromatic carbocycles. The van der Waals surface area contributed by atoms with Gasteiger partial charge in [-0.1, -0.05) is 48.0 Å². The number of esters is 1. The van der Waals surface area contributed by atoms with Gasteiger partial charge in [0.25, 0.3) is 5.91 Å². The maximum atomic E-state index is 12.5. The number of benzene rings is 2. The van der Waals surface area contributed by atoms with Gasteiger partial charge in [-0.2, -0.15) is 0 Å². The Hall–Kier alpha value is -3.12. The van der Waals surface area contributed by atoms with Gasteiger partial charge < -0.3 is 14.8 Å². The molecule has 0 radical (unpaired) electrons. The summed E-state index contributed by atoms with van der Waals surface area (Å²) < 4.78 is 10.8. The molecule has 0 fully saturated rings. The number of carbonyl (C=O) groups excluding carboxylic acids is 2. The average Bonchev–Trinajstić information content (AvgIpc) is 3.12. The van der Waals surface area contributed by atoms with Crippen LogP contribution in [0.5, 0.6) is 5.75 Å². The molecule has 3 rings (SSSR count). The molecule has 0 aliphatic rings. The third-order valence-electron chi connectivity index (χ3n) is 4.23. The number of rotatable bonds is 7. The van der Waals surface area contributed by atoms with Crippen LogP contribution in [0.1, 0.15) is 28.4 Å². The van der Waals surface area contributed by atoms with E-state index >= 15 is 0 Å². The number of hydrogen-bond donors (Lipinski definition) is 1. The molecule has 0 spiro atoms. The molecule has 150 valence electrons. The van der Waals surface area contributed by atoms with Crippen LogP contribution in [0.4, 0.5) is 5.00 Å². The molecule has 1 heterocycles. The maximum Gasteiger partial charge on any atom is 0.341 e. The number of carbonyl (C=O) groups is 2. The van der Waals surface area contributed by atoms with E-state index in [9.17, 15) is 9.59 Å². The fourth-order valence-electron chi connectivity index (χ4n) is 2.86. The minimum Gasteiger partial charge on any atom is -0.483 e. The molecule has 5 nitrogen and oxygen atoms in total. The third kappa shape index (κ3) is 5.23. The Morgan fingerprint density at radius 3 is 2.48 bits per heavy atom. The van der Waals surface area contributed by atoms with Gasteiger partial charge in [0, 0.05) is 4.88 Å². The number of ether oxygens (including phenoxy) is 2. The van der Waals surface area contributed by atoms with Crippen molar-refractivity contribution < 1.29 is 19.1 Å². The van der Waals surface area contributed by atoms with Gasteiger partial charge in [-0.25, -0.2) is 4.79 Å². The lowest BCUT2D eigenvalue weighted by Crippen LogP contribution is -2.21. The lowest BCUT2D eigenvalue weighted by molar-refractivity contribution is -0.118. The van der Waals surface area contributed by atoms with Gasteiger partial charge in [-0.05, 0) is 44.0 Å². The highest BCUT2D eigenvalue weighted by Crippen LogP contribution is 2.36. The third-order valence-corrected chi connectivity index (χ3v) is 5.33. The first-order chi connectivity index (χ1) is 14.0. The molecule has 1 amide bonds. The van der Waals surface area contributed by atoms with Crippen molar-refractivity contribution in [2.75, 3.05) is 18.5 Å². The summed E-state index contributed by atoms with van der Waals surface area (Å²) in [6, 6.07) is 17.2. The van der Waals surface area contributed by atoms with Crippen LogP contribution in [0.15, 0.2) is 54.6 Å². The fourth-order valence-corrected chi connectivity index (χ4v) is 3.92. The van der Waals surface area contributed by atoms with Crippen LogP contribution in [0.2, 0.25) is 0 Å². The Bertz CT molecular complexity index is 1010. The smallest absolute Gasteiger partial charge is 0.341 e. The van der Waals surface area contributed by atoms with Gasteiger partial charge in [0.05, 0.1) is 12.2 Å². The van der Waals surface area contributed by atoms with Crippen LogP contribution >= 0.6 is 11.3 Å². The number of aryl methyl sites for hydroxylation is 2. The van der Waals surface area contributed by atoms with Crippen molar-refractivity contribution >= 4 is 28.2 Å². The standard InChI is InChI=1S/C23H23NO4S/c1-4-27-23(26)18-13-20(17-8-6-5-7-9-17)29-22(18)24-21(25)14-28-19-11-10-15(2)12-16(19)3/h5-13H,4,14H2,1-3H3,(H,24,25). The first-order valence-electron chi connectivity index (χ1n) is 9.34. The molecule has 0 saturated carbocycles. The van der Waals surface area contributed by atoms with Crippen molar-refractivity contribution in [3.63, 3.8) is 0 Å². The molecule has 0 atom stereocenters. The summed E-state index contributed by atoms with van der Waals surface area (Å²) in [6.07, 6.45) is 0. The van der Waals surface area contributed by atoms with Crippen LogP contribution in [-0.4, -0.2) is 25.1 Å². The quantitative estimate of drug-likeness (QED) is 0.543. The zero-order chi connectivity index (χ0) is 20.8. The van der Waals surface area contributed by atoms with Gasteiger partial charge in [-0.3, -0.25) is 4.79 Å². The summed E-state index contributed by atoms with van der Waals surface area (Å²) in [5.74, 6) is -0.138. The molecule has 0 saturated heterocycles. The van der Waals surface area contributed by atoms with E-state index < -0.39 is 5.97 Å². The predicted octanol–water partition coefficient (Wildman–Crippen LogP) is 5.23. The van der Waals surface area contributed by atoms with Crippen LogP contribution < -0.4 is 10.1 Å². The van der Waals surface area contributed by atoms with Gasteiger partial charge in [-0.15, -0.1) is 11.3 Å². The summed E-state index contributed by atoms with van der Waals surface area (Å²) in [5.41, 5.74) is 3.41. The van der Waals surface area contributed by atoms with Gasteiger partial charge in [0.1, 0.15) is 10.8 Å². The SMILES string of the molecule is CCOC(=O)c1cc(-c2ccccc2)sc1NC(=O)COc1ccc(C)cc1C. The van der Waals surface area contributed by atoms with Crippen molar-refractivity contribution in [3.8, 4) is 16.2 Å². The Balaban J connectivity index is 1.76. The molecule has 0 aliphatic heterocycles. The highest BCUT2D eigenvalue weighted by Gasteiger charge is 2.20. The predicted molar refractivity (Wildman–Crippen MR) is 116 cm³/mol. The molecular formula is C23H23NO4S. The van der Waals surface area contributed by atoms with E-state index in [0.717, 1.165) is 21.6 Å². The zero-order valence-electron chi connectivity index (χ0n) is 16.7. The van der Waals surface area contributed by atoms with Crippen molar-refractivity contribution in [2.45, 2.75) is 20.8 Å². The van der Waals surface area contributed by atoms with Crippen molar-refractivity contribution in [2.24, 2.45) is 0 Å². The highest BCUT2D eigenvalue weighted by atomic mass is 32.1. The molecule has 0 unspecified atom stereocenters. The summed E-state index contributed by atoms with van der Waals surface area (Å²) in [4.78, 5) is 25.7. The first kappa shape index (κ1) is 20.6. The lowest BCUT2D eigenvalue weighted by atomic mass is 10.1. The number of thiophene rings is 1. The highest BCUT2D eigenvalue weighted by molar-refractivity contribution is 7.20. The molecule has 1 aromatic heterocycles. The van der Waals surface area contributed by atoms with E-state index in [2.05, 4.69) is 5.32 Å². The van der Waals surface area contributed by atoms with E-state index in [4.69, 9.17) is 9.47 Å². The second-order valence-electron chi connectivity index (χ2n) is 6.55. The number of hydrogen-bond acceptors (Lipinski definition) is 5. The van der Waals surface area contributed by atoms with Crippen LogP contribution in [0, 0.1) is 13.8 Å². The van der Waals surface area contributed by atoms with Gasteiger partial charge in [0.15, 0.2) is 6.61 Å². The molecule has 1 N–H and O–H groups in total. The minimum atomic E-state index is -0.462. The summed E-state index contributed by atoms with van der Waals surface area (Å²) in [5, 5.41) is 3.25. The van der Waals surface area contributed by atoms with Crippen LogP contribution in [-0.2, 0) is 9.53 Å². The summed E-state index contributed by atoms with van der Waals surface area (Å²) in [6.45, 7) is 5.80. The van der Waals surface area contributed by atoms with Crippen molar-refractivity contribution in [1.29, 1.82) is 0 Å². The van der Waals surface area contributed by atoms with Gasteiger partial charge >= 0.3 is 5.97 Å². The lowest BCUT2D eigenvalue weighted by Gasteiger charge is -2.10. The normalized spacial score (nSPS) is 10.4. The Morgan fingerprint density at radius 2 is 1.79 bits per heavy atom. The Morgan fingerprint density at radius 1 is 1.03 bits per heavy atom. The first-order valence-corrected chi connectivity index (χ1v) is 10.2. The Kier molecular flexibility index (Phi) is 6.67.